The van der Waals surface area contributed by atoms with Gasteiger partial charge in [0.25, 0.3) is 0 Å². The largest absolute Gasteiger partial charge is 0.396 e. The van der Waals surface area contributed by atoms with Crippen molar-refractivity contribution in [1.82, 2.24) is 5.32 Å². The molecular weight excluding hydrogens is 238 g/mol. The summed E-state index contributed by atoms with van der Waals surface area (Å²) in [6.45, 7) is 0.907. The van der Waals surface area contributed by atoms with Gasteiger partial charge in [-0.15, -0.1) is 0 Å². The van der Waals surface area contributed by atoms with Gasteiger partial charge in [0.05, 0.1) is 6.61 Å². The number of hydrogen-bond donors (Lipinski definition) is 2. The average Bonchev–Trinajstić information content (AvgIpc) is 3.13. The molecule has 3 aliphatic rings. The van der Waals surface area contributed by atoms with Crippen LogP contribution >= 0.6 is 0 Å². The van der Waals surface area contributed by atoms with Crippen LogP contribution < -0.4 is 5.32 Å². The first-order chi connectivity index (χ1) is 9.21. The SMILES string of the molecule is O=C(CC1CC2CCC1C2)NCC1(CO)CCCC1. The van der Waals surface area contributed by atoms with Crippen LogP contribution in [-0.4, -0.2) is 24.2 Å². The number of aliphatic hydroxyl groups excluding tert-OH is 1. The Labute approximate surface area is 116 Å². The van der Waals surface area contributed by atoms with Gasteiger partial charge >= 0.3 is 0 Å². The molecular formula is C16H27NO2. The van der Waals surface area contributed by atoms with E-state index in [0.717, 1.165) is 31.1 Å². The molecule has 3 saturated carbocycles. The van der Waals surface area contributed by atoms with Crippen molar-refractivity contribution in [3.63, 3.8) is 0 Å². The maximum absolute atomic E-state index is 12.1. The van der Waals surface area contributed by atoms with Crippen LogP contribution in [0, 0.1) is 23.2 Å². The van der Waals surface area contributed by atoms with Crippen LogP contribution in [0.4, 0.5) is 0 Å². The molecule has 2 bridgehead atoms. The van der Waals surface area contributed by atoms with Crippen molar-refractivity contribution in [3.05, 3.63) is 0 Å². The Morgan fingerprint density at radius 1 is 1.21 bits per heavy atom. The first-order valence-electron chi connectivity index (χ1n) is 8.08. The Hall–Kier alpha value is -0.570. The van der Waals surface area contributed by atoms with Gasteiger partial charge in [0, 0.05) is 18.4 Å². The number of aliphatic hydroxyl groups is 1. The Kier molecular flexibility index (Phi) is 3.84. The van der Waals surface area contributed by atoms with E-state index >= 15 is 0 Å². The van der Waals surface area contributed by atoms with Crippen molar-refractivity contribution in [2.24, 2.45) is 23.2 Å². The molecule has 3 unspecified atom stereocenters. The number of amides is 1. The number of fused-ring (bicyclic) bond motifs is 2. The Balaban J connectivity index is 1.44. The van der Waals surface area contributed by atoms with Gasteiger partial charge < -0.3 is 10.4 Å². The quantitative estimate of drug-likeness (QED) is 0.802. The number of nitrogens with one attached hydrogen (secondary N) is 1. The van der Waals surface area contributed by atoms with Crippen molar-refractivity contribution < 1.29 is 9.90 Å². The van der Waals surface area contributed by atoms with E-state index in [-0.39, 0.29) is 17.9 Å². The summed E-state index contributed by atoms with van der Waals surface area (Å²) < 4.78 is 0. The summed E-state index contributed by atoms with van der Waals surface area (Å²) in [6, 6.07) is 0. The van der Waals surface area contributed by atoms with E-state index in [1.165, 1.54) is 38.5 Å². The lowest BCUT2D eigenvalue weighted by Gasteiger charge is -2.27. The Bertz CT molecular complexity index is 336. The second-order valence-electron chi connectivity index (χ2n) is 7.28. The maximum atomic E-state index is 12.1. The van der Waals surface area contributed by atoms with Gasteiger partial charge in [0.1, 0.15) is 0 Å². The molecule has 0 aromatic rings. The fourth-order valence-corrected chi connectivity index (χ4v) is 4.74. The molecule has 3 aliphatic carbocycles. The summed E-state index contributed by atoms with van der Waals surface area (Å²) >= 11 is 0. The molecule has 0 aromatic heterocycles. The van der Waals surface area contributed by atoms with Gasteiger partial charge in [-0.3, -0.25) is 4.79 Å². The van der Waals surface area contributed by atoms with Gasteiger partial charge in [-0.25, -0.2) is 0 Å². The summed E-state index contributed by atoms with van der Waals surface area (Å²) in [5.41, 5.74) is -0.00958. The fourth-order valence-electron chi connectivity index (χ4n) is 4.74. The highest BCUT2D eigenvalue weighted by Crippen LogP contribution is 2.49. The molecule has 0 saturated heterocycles. The zero-order valence-electron chi connectivity index (χ0n) is 11.9. The normalized spacial score (nSPS) is 35.7. The average molecular weight is 265 g/mol. The summed E-state index contributed by atoms with van der Waals surface area (Å²) in [5, 5.41) is 12.7. The van der Waals surface area contributed by atoms with Crippen molar-refractivity contribution in [2.75, 3.05) is 13.2 Å². The van der Waals surface area contributed by atoms with Crippen molar-refractivity contribution in [3.8, 4) is 0 Å². The third-order valence-electron chi connectivity index (χ3n) is 5.99. The number of rotatable bonds is 5. The minimum Gasteiger partial charge on any atom is -0.396 e. The number of carbonyl (C=O) groups excluding carboxylic acids is 1. The van der Waals surface area contributed by atoms with Crippen molar-refractivity contribution in [1.29, 1.82) is 0 Å². The number of hydrogen-bond acceptors (Lipinski definition) is 2. The second-order valence-corrected chi connectivity index (χ2v) is 7.28. The molecule has 19 heavy (non-hydrogen) atoms. The highest BCUT2D eigenvalue weighted by atomic mass is 16.3. The van der Waals surface area contributed by atoms with E-state index in [2.05, 4.69) is 5.32 Å². The lowest BCUT2D eigenvalue weighted by molar-refractivity contribution is -0.123. The third kappa shape index (κ3) is 2.81. The molecule has 108 valence electrons. The summed E-state index contributed by atoms with van der Waals surface area (Å²) in [5.74, 6) is 2.61. The predicted molar refractivity (Wildman–Crippen MR) is 74.6 cm³/mol. The zero-order chi connectivity index (χ0) is 13.3. The van der Waals surface area contributed by atoms with E-state index in [0.29, 0.717) is 12.5 Å². The van der Waals surface area contributed by atoms with E-state index in [1.54, 1.807) is 0 Å². The fraction of sp³-hybridized carbons (Fsp3) is 0.938. The molecule has 1 amide bonds. The minimum absolute atomic E-state index is 0.00958. The van der Waals surface area contributed by atoms with Gasteiger partial charge in [-0.05, 0) is 49.9 Å². The molecule has 3 fully saturated rings. The van der Waals surface area contributed by atoms with Crippen LogP contribution in [0.1, 0.15) is 57.8 Å². The molecule has 3 rings (SSSR count). The monoisotopic (exact) mass is 265 g/mol. The molecule has 3 nitrogen and oxygen atoms in total. The zero-order valence-corrected chi connectivity index (χ0v) is 11.9. The highest BCUT2D eigenvalue weighted by Gasteiger charge is 2.40. The Morgan fingerprint density at radius 3 is 2.58 bits per heavy atom. The predicted octanol–water partition coefficient (Wildman–Crippen LogP) is 2.48. The van der Waals surface area contributed by atoms with E-state index in [1.807, 2.05) is 0 Å². The summed E-state index contributed by atoms with van der Waals surface area (Å²) in [4.78, 5) is 12.1. The van der Waals surface area contributed by atoms with Crippen LogP contribution in [0.2, 0.25) is 0 Å². The molecule has 0 aromatic carbocycles. The minimum atomic E-state index is -0.00958. The molecule has 0 aliphatic heterocycles. The first-order valence-corrected chi connectivity index (χ1v) is 8.08. The molecule has 3 atom stereocenters. The van der Waals surface area contributed by atoms with Gasteiger partial charge in [0.2, 0.25) is 5.91 Å². The summed E-state index contributed by atoms with van der Waals surface area (Å²) in [7, 11) is 0. The lowest BCUT2D eigenvalue weighted by atomic mass is 9.85. The van der Waals surface area contributed by atoms with Crippen LogP contribution in [-0.2, 0) is 4.79 Å². The molecule has 3 heteroatoms. The van der Waals surface area contributed by atoms with Crippen LogP contribution in [0.5, 0.6) is 0 Å². The van der Waals surface area contributed by atoms with Crippen molar-refractivity contribution in [2.45, 2.75) is 57.8 Å². The maximum Gasteiger partial charge on any atom is 0.220 e. The standard InChI is InChI=1S/C16H27NO2/c18-11-16(5-1-2-6-16)10-17-15(19)9-14-8-12-3-4-13(14)7-12/h12-14,18H,1-11H2,(H,17,19). The molecule has 0 radical (unpaired) electrons. The third-order valence-corrected chi connectivity index (χ3v) is 5.99. The lowest BCUT2D eigenvalue weighted by Crippen LogP contribution is -2.39. The Morgan fingerprint density at radius 2 is 2.00 bits per heavy atom. The smallest absolute Gasteiger partial charge is 0.220 e. The first kappa shape index (κ1) is 13.4. The summed E-state index contributed by atoms with van der Waals surface area (Å²) in [6.07, 6.45) is 10.7. The van der Waals surface area contributed by atoms with Gasteiger partial charge in [-0.1, -0.05) is 19.3 Å². The van der Waals surface area contributed by atoms with Crippen LogP contribution in [0.3, 0.4) is 0 Å². The van der Waals surface area contributed by atoms with Gasteiger partial charge in [-0.2, -0.15) is 0 Å². The highest BCUT2D eigenvalue weighted by molar-refractivity contribution is 5.76. The second kappa shape index (κ2) is 5.43. The molecule has 0 heterocycles. The molecule has 0 spiro atoms. The van der Waals surface area contributed by atoms with E-state index in [9.17, 15) is 9.90 Å². The number of carbonyl (C=O) groups is 1. The van der Waals surface area contributed by atoms with Crippen LogP contribution in [0.15, 0.2) is 0 Å². The van der Waals surface area contributed by atoms with Crippen molar-refractivity contribution >= 4 is 5.91 Å². The van der Waals surface area contributed by atoms with E-state index in [4.69, 9.17) is 0 Å². The molecule has 2 N–H and O–H groups in total. The topological polar surface area (TPSA) is 49.3 Å². The van der Waals surface area contributed by atoms with Crippen LogP contribution in [0.25, 0.3) is 0 Å². The van der Waals surface area contributed by atoms with Gasteiger partial charge in [0.15, 0.2) is 0 Å². The van der Waals surface area contributed by atoms with E-state index < -0.39 is 0 Å².